The quantitative estimate of drug-likeness (QED) is 0.0569. The first-order valence-electron chi connectivity index (χ1n) is 15.4. The minimum atomic E-state index is -1.52. The van der Waals surface area contributed by atoms with E-state index in [9.17, 15) is 10.3 Å². The molecule has 2 N–H and O–H groups in total. The lowest BCUT2D eigenvalue weighted by Crippen LogP contribution is -2.50. The molecule has 0 radical (unpaired) electrons. The van der Waals surface area contributed by atoms with E-state index in [0.717, 1.165) is 19.3 Å². The van der Waals surface area contributed by atoms with Crippen molar-refractivity contribution in [1.82, 2.24) is 5.32 Å². The number of carbonyl (C=O) groups excluding carboxylic acids is 1. The van der Waals surface area contributed by atoms with Crippen molar-refractivity contribution in [2.45, 2.75) is 43.7 Å². The summed E-state index contributed by atoms with van der Waals surface area (Å²) in [5.41, 5.74) is 11.2. The van der Waals surface area contributed by atoms with Crippen LogP contribution >= 0.6 is 23.2 Å². The second kappa shape index (κ2) is 16.3. The highest BCUT2D eigenvalue weighted by Crippen LogP contribution is 2.46. The zero-order chi connectivity index (χ0) is 33.1. The van der Waals surface area contributed by atoms with Crippen molar-refractivity contribution in [2.75, 3.05) is 19.8 Å². The van der Waals surface area contributed by atoms with Gasteiger partial charge in [-0.25, -0.2) is 4.99 Å². The number of azide groups is 1. The molecule has 1 aliphatic rings. The minimum Gasteiger partial charge on any atom is -0.494 e. The molecule has 47 heavy (non-hydrogen) atoms. The predicted octanol–water partition coefficient (Wildman–Crippen LogP) is 8.34. The number of rotatable bonds is 15. The number of unbranched alkanes of at least 4 members (excludes halogenated alkanes) is 1. The lowest BCUT2D eigenvalue weighted by molar-refractivity contribution is -0.128. The molecule has 242 valence electrons. The van der Waals surface area contributed by atoms with Gasteiger partial charge in [-0.15, -0.1) is 0 Å². The molecule has 1 heterocycles. The van der Waals surface area contributed by atoms with Gasteiger partial charge in [-0.1, -0.05) is 89.0 Å². The number of benzene rings is 4. The average molecular weight is 673 g/mol. The van der Waals surface area contributed by atoms with Crippen LogP contribution in [0.3, 0.4) is 0 Å². The maximum atomic E-state index is 14.5. The molecule has 9 nitrogen and oxygen atoms in total. The summed E-state index contributed by atoms with van der Waals surface area (Å²) in [5, 5.41) is 16.9. The van der Waals surface area contributed by atoms with Crippen LogP contribution in [0.1, 0.15) is 47.6 Å². The predicted molar refractivity (Wildman–Crippen MR) is 185 cm³/mol. The van der Waals surface area contributed by atoms with Crippen molar-refractivity contribution in [2.24, 2.45) is 10.1 Å². The summed E-state index contributed by atoms with van der Waals surface area (Å²) in [6.07, 6.45) is 2.19. The third kappa shape index (κ3) is 8.44. The van der Waals surface area contributed by atoms with E-state index in [1.54, 1.807) is 54.6 Å². The monoisotopic (exact) mass is 671 g/mol. The number of aryl methyl sites for hydroxylation is 1. The molecule has 0 bridgehead atoms. The molecule has 0 spiro atoms. The molecule has 0 saturated carbocycles. The van der Waals surface area contributed by atoms with Gasteiger partial charge in [0.15, 0.2) is 11.6 Å². The zero-order valence-corrected chi connectivity index (χ0v) is 27.2. The summed E-state index contributed by atoms with van der Waals surface area (Å²) < 4.78 is 12.3. The van der Waals surface area contributed by atoms with Crippen molar-refractivity contribution in [3.63, 3.8) is 0 Å². The average Bonchev–Trinajstić information content (AvgIpc) is 3.46. The summed E-state index contributed by atoms with van der Waals surface area (Å²) in [5.74, 6) is 0.534. The smallest absolute Gasteiger partial charge is 0.252 e. The first-order chi connectivity index (χ1) is 22.9. The third-order valence-electron chi connectivity index (χ3n) is 7.90. The Balaban J connectivity index is 1.51. The Labute approximate surface area is 283 Å². The van der Waals surface area contributed by atoms with Crippen LogP contribution in [0.2, 0.25) is 10.0 Å². The lowest BCUT2D eigenvalue weighted by Gasteiger charge is -2.31. The number of halogens is 2. The fourth-order valence-corrected chi connectivity index (χ4v) is 6.03. The molecule has 0 aromatic heterocycles. The molecule has 0 fully saturated rings. The van der Waals surface area contributed by atoms with Crippen molar-refractivity contribution in [3.05, 3.63) is 140 Å². The van der Waals surface area contributed by atoms with Crippen LogP contribution in [-0.2, 0) is 22.4 Å². The number of hydrogen-bond donors (Lipinski definition) is 2. The van der Waals surface area contributed by atoms with Crippen LogP contribution in [0, 0.1) is 0 Å². The van der Waals surface area contributed by atoms with Crippen LogP contribution in [0.25, 0.3) is 10.4 Å². The Morgan fingerprint density at radius 3 is 2.51 bits per heavy atom. The zero-order valence-electron chi connectivity index (χ0n) is 25.7. The number of hydrogen-bond acceptors (Lipinski definition) is 6. The summed E-state index contributed by atoms with van der Waals surface area (Å²) in [6, 6.07) is 29.5. The molecule has 4 aromatic rings. The van der Waals surface area contributed by atoms with E-state index < -0.39 is 11.6 Å². The number of aliphatic imine (C=N–C) groups is 1. The first-order valence-corrected chi connectivity index (χ1v) is 16.2. The van der Waals surface area contributed by atoms with Crippen LogP contribution in [-0.4, -0.2) is 42.2 Å². The molecule has 0 unspecified atom stereocenters. The Kier molecular flexibility index (Phi) is 11.8. The molecular weight excluding hydrogens is 637 g/mol. The summed E-state index contributed by atoms with van der Waals surface area (Å²) in [6.45, 7) is 0.845. The lowest BCUT2D eigenvalue weighted by atomic mass is 9.81. The Bertz CT molecular complexity index is 1750. The van der Waals surface area contributed by atoms with Gasteiger partial charge in [0.2, 0.25) is 5.90 Å². The highest BCUT2D eigenvalue weighted by atomic mass is 35.5. The van der Waals surface area contributed by atoms with Gasteiger partial charge in [0, 0.05) is 57.8 Å². The molecule has 0 saturated heterocycles. The SMILES string of the molecule is [N-]=[N+]=Nc1ccccc1C[C@@]1(C(=O)NCCCCc2ccccc2)N=C(c2ccc(OCCCO)cc2)O[C@@H]1c1ccc(Cl)cc1Cl. The van der Waals surface area contributed by atoms with E-state index in [-0.39, 0.29) is 24.8 Å². The minimum absolute atomic E-state index is 0.0390. The Hall–Kier alpha value is -4.53. The van der Waals surface area contributed by atoms with Crippen LogP contribution in [0.15, 0.2) is 107 Å². The van der Waals surface area contributed by atoms with E-state index in [4.69, 9.17) is 42.8 Å². The summed E-state index contributed by atoms with van der Waals surface area (Å²) >= 11 is 13.0. The van der Waals surface area contributed by atoms with Crippen LogP contribution in [0.5, 0.6) is 5.75 Å². The van der Waals surface area contributed by atoms with E-state index in [0.29, 0.717) is 57.7 Å². The topological polar surface area (TPSA) is 129 Å². The molecular formula is C36H35Cl2N5O4. The van der Waals surface area contributed by atoms with Gasteiger partial charge in [0.1, 0.15) is 5.75 Å². The van der Waals surface area contributed by atoms with Gasteiger partial charge in [-0.3, -0.25) is 4.79 Å². The van der Waals surface area contributed by atoms with Crippen LogP contribution in [0.4, 0.5) is 5.69 Å². The van der Waals surface area contributed by atoms with Gasteiger partial charge in [0.25, 0.3) is 5.91 Å². The number of aliphatic hydroxyl groups excluding tert-OH is 1. The number of amides is 1. The fourth-order valence-electron chi connectivity index (χ4n) is 5.52. The number of carbonyl (C=O) groups is 1. The van der Waals surface area contributed by atoms with Gasteiger partial charge < -0.3 is 19.9 Å². The molecule has 1 amide bonds. The van der Waals surface area contributed by atoms with Crippen molar-refractivity contribution in [1.29, 1.82) is 0 Å². The van der Waals surface area contributed by atoms with Gasteiger partial charge >= 0.3 is 0 Å². The molecule has 2 atom stereocenters. The number of nitrogens with one attached hydrogen (secondary N) is 1. The summed E-state index contributed by atoms with van der Waals surface area (Å²) in [7, 11) is 0. The van der Waals surface area contributed by atoms with E-state index in [1.165, 1.54) is 5.56 Å². The van der Waals surface area contributed by atoms with Crippen molar-refractivity contribution < 1.29 is 19.4 Å². The molecule has 4 aromatic carbocycles. The summed E-state index contributed by atoms with van der Waals surface area (Å²) in [4.78, 5) is 22.5. The fraction of sp³-hybridized carbons (Fsp3) is 0.278. The highest BCUT2D eigenvalue weighted by molar-refractivity contribution is 6.35. The third-order valence-corrected chi connectivity index (χ3v) is 8.46. The normalized spacial score (nSPS) is 16.9. The second-order valence-corrected chi connectivity index (χ2v) is 12.0. The molecule has 5 rings (SSSR count). The second-order valence-electron chi connectivity index (χ2n) is 11.1. The highest BCUT2D eigenvalue weighted by Gasteiger charge is 2.54. The Morgan fingerprint density at radius 2 is 1.77 bits per heavy atom. The van der Waals surface area contributed by atoms with Gasteiger partial charge in [-0.2, -0.15) is 0 Å². The largest absolute Gasteiger partial charge is 0.494 e. The van der Waals surface area contributed by atoms with E-state index in [1.807, 2.05) is 30.3 Å². The Morgan fingerprint density at radius 1 is 1.00 bits per heavy atom. The first kappa shape index (κ1) is 33.8. The number of nitrogens with zero attached hydrogens (tertiary/aromatic N) is 4. The molecule has 0 aliphatic carbocycles. The number of aliphatic hydroxyl groups is 1. The van der Waals surface area contributed by atoms with Crippen molar-refractivity contribution >= 4 is 40.7 Å². The van der Waals surface area contributed by atoms with Gasteiger partial charge in [0.05, 0.1) is 6.61 Å². The van der Waals surface area contributed by atoms with E-state index >= 15 is 0 Å². The van der Waals surface area contributed by atoms with E-state index in [2.05, 4.69) is 27.5 Å². The number of ether oxygens (including phenoxy) is 2. The van der Waals surface area contributed by atoms with Gasteiger partial charge in [-0.05, 0) is 72.3 Å². The maximum absolute atomic E-state index is 14.5. The maximum Gasteiger partial charge on any atom is 0.252 e. The molecule has 11 heteroatoms. The standard InChI is InChI=1S/C36H35Cl2N5O4/c37-28-16-19-30(31(38)23-28)33-36(24-27-12-4-5-13-32(27)42-43-39,35(45)40-20-7-6-11-25-9-2-1-3-10-25)41-34(47-33)26-14-17-29(18-15-26)46-22-8-21-44/h1-5,9-10,12-19,23,33,44H,6-8,11,20-22,24H2,(H,40,45)/t33-,36-/m1/s1. The van der Waals surface area contributed by atoms with Crippen molar-refractivity contribution in [3.8, 4) is 5.75 Å². The van der Waals surface area contributed by atoms with Crippen LogP contribution < -0.4 is 10.1 Å². The molecule has 1 aliphatic heterocycles.